The molecule has 2 atom stereocenters. The molecular formula is C22H30N3O2+. The van der Waals surface area contributed by atoms with Gasteiger partial charge in [-0.1, -0.05) is 30.3 Å². The molecule has 0 aliphatic rings. The molecule has 5 nitrogen and oxygen atoms in total. The third-order valence-electron chi connectivity index (χ3n) is 5.08. The van der Waals surface area contributed by atoms with Crippen molar-refractivity contribution in [1.29, 1.82) is 0 Å². The molecule has 2 rings (SSSR count). The van der Waals surface area contributed by atoms with Crippen LogP contribution in [-0.4, -0.2) is 38.0 Å². The first-order valence-electron chi connectivity index (χ1n) is 9.40. The van der Waals surface area contributed by atoms with Gasteiger partial charge in [-0.05, 0) is 57.0 Å². The highest BCUT2D eigenvalue weighted by atomic mass is 16.2. The number of anilines is 2. The average Bonchev–Trinajstić information content (AvgIpc) is 2.66. The Balaban J connectivity index is 2.01. The summed E-state index contributed by atoms with van der Waals surface area (Å²) in [6.07, 6.45) is 0. The largest absolute Gasteiger partial charge is 0.321 e. The van der Waals surface area contributed by atoms with Crippen LogP contribution >= 0.6 is 0 Å². The summed E-state index contributed by atoms with van der Waals surface area (Å²) in [7, 11) is 1.88. The fourth-order valence-corrected chi connectivity index (χ4v) is 3.01. The molecule has 0 aromatic heterocycles. The monoisotopic (exact) mass is 368 g/mol. The molecule has 0 aliphatic heterocycles. The van der Waals surface area contributed by atoms with Crippen LogP contribution in [0.15, 0.2) is 48.5 Å². The van der Waals surface area contributed by atoms with Crippen LogP contribution in [0.2, 0.25) is 0 Å². The second-order valence-electron chi connectivity index (χ2n) is 6.96. The highest BCUT2D eigenvalue weighted by Crippen LogP contribution is 2.17. The maximum Gasteiger partial charge on any atom is 0.284 e. The van der Waals surface area contributed by atoms with Gasteiger partial charge in [0.2, 0.25) is 0 Å². The van der Waals surface area contributed by atoms with Crippen LogP contribution in [0.25, 0.3) is 0 Å². The summed E-state index contributed by atoms with van der Waals surface area (Å²) in [6.45, 7) is 8.66. The minimum absolute atomic E-state index is 0.0146. The summed E-state index contributed by atoms with van der Waals surface area (Å²) < 4.78 is 0. The molecule has 0 bridgehead atoms. The van der Waals surface area contributed by atoms with Crippen LogP contribution in [0.5, 0.6) is 0 Å². The third-order valence-corrected chi connectivity index (χ3v) is 5.08. The summed E-state index contributed by atoms with van der Waals surface area (Å²) in [4.78, 5) is 28.0. The van der Waals surface area contributed by atoms with Crippen LogP contribution in [-0.2, 0) is 9.59 Å². The Bertz CT molecular complexity index is 789. The number of quaternary nitrogens is 1. The molecule has 0 fully saturated rings. The summed E-state index contributed by atoms with van der Waals surface area (Å²) in [5.41, 5.74) is 3.91. The zero-order valence-electron chi connectivity index (χ0n) is 16.9. The summed E-state index contributed by atoms with van der Waals surface area (Å²) in [5.74, 6) is -0.0793. The SMILES string of the molecule is CCN(C(=O)[C@@H](C)[NH+](C)CC(=O)Nc1cccc(C)c1C)c1ccccc1. The highest BCUT2D eigenvalue weighted by Gasteiger charge is 2.28. The van der Waals surface area contributed by atoms with E-state index in [0.29, 0.717) is 6.54 Å². The van der Waals surface area contributed by atoms with Crippen molar-refractivity contribution in [1.82, 2.24) is 0 Å². The first kappa shape index (κ1) is 20.6. The van der Waals surface area contributed by atoms with E-state index in [9.17, 15) is 9.59 Å². The van der Waals surface area contributed by atoms with Gasteiger partial charge in [-0.25, -0.2) is 0 Å². The predicted octanol–water partition coefficient (Wildman–Crippen LogP) is 2.20. The molecule has 0 heterocycles. The minimum atomic E-state index is -0.325. The molecule has 0 saturated carbocycles. The van der Waals surface area contributed by atoms with Crippen LogP contribution in [0.3, 0.4) is 0 Å². The number of amides is 2. The molecule has 5 heteroatoms. The maximum absolute atomic E-state index is 12.9. The molecule has 0 radical (unpaired) electrons. The fraction of sp³-hybridized carbons (Fsp3) is 0.364. The van der Waals surface area contributed by atoms with Crippen molar-refractivity contribution in [3.8, 4) is 0 Å². The van der Waals surface area contributed by atoms with E-state index in [1.54, 1.807) is 4.90 Å². The van der Waals surface area contributed by atoms with Crippen molar-refractivity contribution < 1.29 is 14.5 Å². The van der Waals surface area contributed by atoms with Gasteiger partial charge in [-0.2, -0.15) is 0 Å². The van der Waals surface area contributed by atoms with E-state index in [-0.39, 0.29) is 24.4 Å². The number of nitrogens with zero attached hydrogens (tertiary/aromatic N) is 1. The molecular weight excluding hydrogens is 338 g/mol. The van der Waals surface area contributed by atoms with Crippen molar-refractivity contribution >= 4 is 23.2 Å². The highest BCUT2D eigenvalue weighted by molar-refractivity contribution is 5.96. The van der Waals surface area contributed by atoms with Crippen molar-refractivity contribution in [2.24, 2.45) is 0 Å². The topological polar surface area (TPSA) is 53.9 Å². The van der Waals surface area contributed by atoms with Crippen molar-refractivity contribution in [2.45, 2.75) is 33.7 Å². The van der Waals surface area contributed by atoms with Gasteiger partial charge in [-0.15, -0.1) is 0 Å². The normalized spacial score (nSPS) is 12.9. The second kappa shape index (κ2) is 9.33. The molecule has 2 N–H and O–H groups in total. The Kier molecular flexibility index (Phi) is 7.13. The lowest BCUT2D eigenvalue weighted by Crippen LogP contribution is -3.15. The number of hydrogen-bond donors (Lipinski definition) is 2. The second-order valence-corrected chi connectivity index (χ2v) is 6.96. The van der Waals surface area contributed by atoms with Gasteiger partial charge >= 0.3 is 0 Å². The minimum Gasteiger partial charge on any atom is -0.321 e. The molecule has 1 unspecified atom stereocenters. The molecule has 0 saturated heterocycles. The molecule has 2 aromatic carbocycles. The van der Waals surface area contributed by atoms with Gasteiger partial charge in [0, 0.05) is 17.9 Å². The quantitative estimate of drug-likeness (QED) is 0.787. The first-order chi connectivity index (χ1) is 12.8. The van der Waals surface area contributed by atoms with E-state index in [2.05, 4.69) is 5.32 Å². The Hall–Kier alpha value is -2.66. The lowest BCUT2D eigenvalue weighted by molar-refractivity contribution is -0.885. The maximum atomic E-state index is 12.9. The fourth-order valence-electron chi connectivity index (χ4n) is 3.01. The molecule has 144 valence electrons. The van der Waals surface area contributed by atoms with Crippen molar-refractivity contribution in [3.63, 3.8) is 0 Å². The van der Waals surface area contributed by atoms with Crippen molar-refractivity contribution in [3.05, 3.63) is 59.7 Å². The number of nitrogens with one attached hydrogen (secondary N) is 2. The zero-order chi connectivity index (χ0) is 20.0. The summed E-state index contributed by atoms with van der Waals surface area (Å²) in [5, 5.41) is 2.97. The van der Waals surface area contributed by atoms with E-state index in [4.69, 9.17) is 0 Å². The van der Waals surface area contributed by atoms with E-state index >= 15 is 0 Å². The lowest BCUT2D eigenvalue weighted by Gasteiger charge is -2.27. The Morgan fingerprint density at radius 1 is 1.07 bits per heavy atom. The van der Waals surface area contributed by atoms with E-state index in [0.717, 1.165) is 27.4 Å². The Morgan fingerprint density at radius 3 is 2.37 bits per heavy atom. The number of likely N-dealkylation sites (N-methyl/N-ethyl adjacent to an activating group) is 2. The number of aryl methyl sites for hydroxylation is 1. The van der Waals surface area contributed by atoms with E-state index < -0.39 is 0 Å². The average molecular weight is 369 g/mol. The Morgan fingerprint density at radius 2 is 1.74 bits per heavy atom. The number of para-hydroxylation sites is 1. The number of carbonyl (C=O) groups excluding carboxylic acids is 2. The summed E-state index contributed by atoms with van der Waals surface area (Å²) >= 11 is 0. The van der Waals surface area contributed by atoms with E-state index in [1.807, 2.05) is 83.3 Å². The molecule has 2 amide bonds. The van der Waals surface area contributed by atoms with Crippen LogP contribution < -0.4 is 15.1 Å². The van der Waals surface area contributed by atoms with Gasteiger partial charge in [0.25, 0.3) is 11.8 Å². The van der Waals surface area contributed by atoms with Crippen molar-refractivity contribution in [2.75, 3.05) is 30.4 Å². The smallest absolute Gasteiger partial charge is 0.284 e. The van der Waals surface area contributed by atoms with Crippen LogP contribution in [0.4, 0.5) is 11.4 Å². The third kappa shape index (κ3) is 5.17. The van der Waals surface area contributed by atoms with Gasteiger partial charge in [0.05, 0.1) is 7.05 Å². The van der Waals surface area contributed by atoms with Gasteiger partial charge < -0.3 is 15.1 Å². The van der Waals surface area contributed by atoms with Crippen LogP contribution in [0, 0.1) is 13.8 Å². The number of hydrogen-bond acceptors (Lipinski definition) is 2. The van der Waals surface area contributed by atoms with Gasteiger partial charge in [-0.3, -0.25) is 9.59 Å². The lowest BCUT2D eigenvalue weighted by atomic mass is 10.1. The van der Waals surface area contributed by atoms with Gasteiger partial charge in [0.15, 0.2) is 12.6 Å². The Labute approximate surface area is 162 Å². The number of rotatable bonds is 7. The first-order valence-corrected chi connectivity index (χ1v) is 9.40. The molecule has 2 aromatic rings. The molecule has 0 spiro atoms. The van der Waals surface area contributed by atoms with Gasteiger partial charge in [0.1, 0.15) is 0 Å². The van der Waals surface area contributed by atoms with E-state index in [1.165, 1.54) is 0 Å². The standard InChI is InChI=1S/C22H29N3O2/c1-6-25(19-12-8-7-9-13-19)22(27)18(4)24(5)15-21(26)23-20-14-10-11-16(2)17(20)3/h7-14,18H,6,15H2,1-5H3,(H,23,26)/p+1/t18-/m1/s1. The molecule has 0 aliphatic carbocycles. The van der Waals surface area contributed by atoms with Crippen LogP contribution in [0.1, 0.15) is 25.0 Å². The zero-order valence-corrected chi connectivity index (χ0v) is 16.9. The molecule has 27 heavy (non-hydrogen) atoms. The summed E-state index contributed by atoms with van der Waals surface area (Å²) in [6, 6.07) is 15.2. The number of benzene rings is 2. The number of carbonyl (C=O) groups is 2. The predicted molar refractivity (Wildman–Crippen MR) is 110 cm³/mol.